The maximum Gasteiger partial charge on any atom is 0.406 e. The van der Waals surface area contributed by atoms with E-state index in [-0.39, 0.29) is 6.04 Å². The first-order chi connectivity index (χ1) is 6.40. The lowest BCUT2D eigenvalue weighted by Crippen LogP contribution is -2.43. The molecule has 0 N–H and O–H groups in total. The standard InChI is InChI=1S/C9H14F3NO/c1-7(14)13(6-9(10,11)12)8-4-2-3-5-8/h8H,2-6H2,1H3. The molecule has 0 aromatic heterocycles. The van der Waals surface area contributed by atoms with Gasteiger partial charge in [0, 0.05) is 13.0 Å². The van der Waals surface area contributed by atoms with Crippen LogP contribution in [-0.2, 0) is 4.79 Å². The fraction of sp³-hybridized carbons (Fsp3) is 0.889. The minimum atomic E-state index is -4.28. The fourth-order valence-corrected chi connectivity index (χ4v) is 1.91. The zero-order valence-corrected chi connectivity index (χ0v) is 8.10. The van der Waals surface area contributed by atoms with Gasteiger partial charge in [-0.1, -0.05) is 12.8 Å². The summed E-state index contributed by atoms with van der Waals surface area (Å²) in [6.07, 6.45) is -1.03. The van der Waals surface area contributed by atoms with Crippen LogP contribution in [0.5, 0.6) is 0 Å². The Morgan fingerprint density at radius 1 is 1.36 bits per heavy atom. The van der Waals surface area contributed by atoms with Crippen molar-refractivity contribution in [3.8, 4) is 0 Å². The van der Waals surface area contributed by atoms with Gasteiger partial charge in [-0.2, -0.15) is 13.2 Å². The Morgan fingerprint density at radius 3 is 2.21 bits per heavy atom. The van der Waals surface area contributed by atoms with E-state index in [0.717, 1.165) is 17.7 Å². The van der Waals surface area contributed by atoms with Gasteiger partial charge in [-0.25, -0.2) is 0 Å². The first-order valence-electron chi connectivity index (χ1n) is 4.74. The Morgan fingerprint density at radius 2 is 1.86 bits per heavy atom. The van der Waals surface area contributed by atoms with Crippen LogP contribution in [0.4, 0.5) is 13.2 Å². The topological polar surface area (TPSA) is 20.3 Å². The normalized spacial score (nSPS) is 18.6. The zero-order chi connectivity index (χ0) is 10.8. The van der Waals surface area contributed by atoms with Crippen LogP contribution in [0.3, 0.4) is 0 Å². The summed E-state index contributed by atoms with van der Waals surface area (Å²) in [5, 5.41) is 0. The number of amides is 1. The van der Waals surface area contributed by atoms with E-state index in [9.17, 15) is 18.0 Å². The lowest BCUT2D eigenvalue weighted by molar-refractivity contribution is -0.164. The van der Waals surface area contributed by atoms with Crippen LogP contribution in [0.25, 0.3) is 0 Å². The highest BCUT2D eigenvalue weighted by atomic mass is 19.4. The van der Waals surface area contributed by atoms with Crippen LogP contribution < -0.4 is 0 Å². The molecule has 0 aliphatic heterocycles. The van der Waals surface area contributed by atoms with Crippen LogP contribution >= 0.6 is 0 Å². The van der Waals surface area contributed by atoms with E-state index in [1.165, 1.54) is 6.92 Å². The van der Waals surface area contributed by atoms with Gasteiger partial charge in [0.2, 0.25) is 5.91 Å². The number of hydrogen-bond donors (Lipinski definition) is 0. The molecule has 0 heterocycles. The molecule has 1 aliphatic rings. The molecule has 14 heavy (non-hydrogen) atoms. The van der Waals surface area contributed by atoms with Gasteiger partial charge in [0.1, 0.15) is 6.54 Å². The van der Waals surface area contributed by atoms with Crippen LogP contribution in [0.1, 0.15) is 32.6 Å². The second kappa shape index (κ2) is 4.19. The minimum Gasteiger partial charge on any atom is -0.331 e. The lowest BCUT2D eigenvalue weighted by Gasteiger charge is -2.28. The summed E-state index contributed by atoms with van der Waals surface area (Å²) in [5.41, 5.74) is 0. The van der Waals surface area contributed by atoms with Gasteiger partial charge in [-0.05, 0) is 12.8 Å². The summed E-state index contributed by atoms with van der Waals surface area (Å²) >= 11 is 0. The summed E-state index contributed by atoms with van der Waals surface area (Å²) in [6.45, 7) is 0.0943. The minimum absolute atomic E-state index is 0.200. The lowest BCUT2D eigenvalue weighted by atomic mass is 10.2. The SMILES string of the molecule is CC(=O)N(CC(F)(F)F)C1CCCC1. The molecular formula is C9H14F3NO. The Balaban J connectivity index is 2.59. The van der Waals surface area contributed by atoms with Gasteiger partial charge in [0.25, 0.3) is 0 Å². The quantitative estimate of drug-likeness (QED) is 0.683. The Bertz CT molecular complexity index is 209. The molecule has 1 amide bonds. The predicted octanol–water partition coefficient (Wildman–Crippen LogP) is 2.34. The van der Waals surface area contributed by atoms with Crippen molar-refractivity contribution in [3.05, 3.63) is 0 Å². The molecule has 0 bridgehead atoms. The van der Waals surface area contributed by atoms with E-state index in [1.807, 2.05) is 0 Å². The smallest absolute Gasteiger partial charge is 0.331 e. The highest BCUT2D eigenvalue weighted by molar-refractivity contribution is 5.73. The van der Waals surface area contributed by atoms with Gasteiger partial charge in [-0.3, -0.25) is 4.79 Å². The third-order valence-corrected chi connectivity index (χ3v) is 2.52. The third-order valence-electron chi connectivity index (χ3n) is 2.52. The number of hydrogen-bond acceptors (Lipinski definition) is 1. The van der Waals surface area contributed by atoms with E-state index < -0.39 is 18.6 Å². The number of carbonyl (C=O) groups is 1. The van der Waals surface area contributed by atoms with Crippen LogP contribution in [0.15, 0.2) is 0 Å². The van der Waals surface area contributed by atoms with Gasteiger partial charge in [0.05, 0.1) is 0 Å². The van der Waals surface area contributed by atoms with Crippen LogP contribution in [0, 0.1) is 0 Å². The third kappa shape index (κ3) is 3.20. The number of nitrogens with zero attached hydrogens (tertiary/aromatic N) is 1. The first kappa shape index (κ1) is 11.3. The van der Waals surface area contributed by atoms with Gasteiger partial charge < -0.3 is 4.90 Å². The van der Waals surface area contributed by atoms with Crippen molar-refractivity contribution in [2.75, 3.05) is 6.54 Å². The Labute approximate surface area is 81.1 Å². The number of alkyl halides is 3. The van der Waals surface area contributed by atoms with Crippen molar-refractivity contribution in [2.24, 2.45) is 0 Å². The van der Waals surface area contributed by atoms with Gasteiger partial charge in [-0.15, -0.1) is 0 Å². The summed E-state index contributed by atoms with van der Waals surface area (Å²) in [6, 6.07) is -0.200. The second-order valence-electron chi connectivity index (χ2n) is 3.70. The first-order valence-corrected chi connectivity index (χ1v) is 4.74. The maximum absolute atomic E-state index is 12.1. The predicted molar refractivity (Wildman–Crippen MR) is 45.7 cm³/mol. The molecule has 0 unspecified atom stereocenters. The van der Waals surface area contributed by atoms with Crippen molar-refractivity contribution < 1.29 is 18.0 Å². The summed E-state index contributed by atoms with van der Waals surface area (Å²) in [7, 11) is 0. The largest absolute Gasteiger partial charge is 0.406 e. The average molecular weight is 209 g/mol. The van der Waals surface area contributed by atoms with Crippen molar-refractivity contribution in [1.82, 2.24) is 4.90 Å². The molecule has 0 radical (unpaired) electrons. The monoisotopic (exact) mass is 209 g/mol. The van der Waals surface area contributed by atoms with E-state index in [0.29, 0.717) is 12.8 Å². The average Bonchev–Trinajstić information content (AvgIpc) is 2.49. The van der Waals surface area contributed by atoms with Crippen molar-refractivity contribution in [2.45, 2.75) is 44.8 Å². The zero-order valence-electron chi connectivity index (χ0n) is 8.10. The molecule has 5 heteroatoms. The molecular weight excluding hydrogens is 195 g/mol. The Kier molecular flexibility index (Phi) is 3.39. The number of rotatable bonds is 2. The molecule has 0 atom stereocenters. The van der Waals surface area contributed by atoms with E-state index >= 15 is 0 Å². The highest BCUT2D eigenvalue weighted by Gasteiger charge is 2.35. The van der Waals surface area contributed by atoms with Gasteiger partial charge in [0.15, 0.2) is 0 Å². The number of halogens is 3. The summed E-state index contributed by atoms with van der Waals surface area (Å²) in [5.74, 6) is -0.478. The highest BCUT2D eigenvalue weighted by Crippen LogP contribution is 2.26. The second-order valence-corrected chi connectivity index (χ2v) is 3.70. The summed E-state index contributed by atoms with van der Waals surface area (Å²) < 4.78 is 36.4. The van der Waals surface area contributed by atoms with Gasteiger partial charge >= 0.3 is 6.18 Å². The summed E-state index contributed by atoms with van der Waals surface area (Å²) in [4.78, 5) is 12.0. The van der Waals surface area contributed by atoms with Crippen LogP contribution in [0.2, 0.25) is 0 Å². The Hall–Kier alpha value is -0.740. The van der Waals surface area contributed by atoms with Crippen molar-refractivity contribution in [1.29, 1.82) is 0 Å². The van der Waals surface area contributed by atoms with E-state index in [4.69, 9.17) is 0 Å². The van der Waals surface area contributed by atoms with Crippen LogP contribution in [-0.4, -0.2) is 29.6 Å². The molecule has 82 valence electrons. The molecule has 1 fully saturated rings. The molecule has 2 nitrogen and oxygen atoms in total. The molecule has 1 aliphatic carbocycles. The maximum atomic E-state index is 12.1. The fourth-order valence-electron chi connectivity index (χ4n) is 1.91. The molecule has 0 spiro atoms. The van der Waals surface area contributed by atoms with Crippen molar-refractivity contribution in [3.63, 3.8) is 0 Å². The van der Waals surface area contributed by atoms with E-state index in [1.54, 1.807) is 0 Å². The molecule has 1 saturated carbocycles. The number of carbonyl (C=O) groups excluding carboxylic acids is 1. The molecule has 0 aromatic carbocycles. The molecule has 0 aromatic rings. The molecule has 1 rings (SSSR count). The van der Waals surface area contributed by atoms with E-state index in [2.05, 4.69) is 0 Å². The molecule has 0 saturated heterocycles. The van der Waals surface area contributed by atoms with Crippen molar-refractivity contribution >= 4 is 5.91 Å².